The lowest BCUT2D eigenvalue weighted by Crippen LogP contribution is -2.24. The second-order valence-corrected chi connectivity index (χ2v) is 5.74. The highest BCUT2D eigenvalue weighted by Crippen LogP contribution is 2.13. The quantitative estimate of drug-likeness (QED) is 0.766. The predicted octanol–water partition coefficient (Wildman–Crippen LogP) is 2.09. The number of aryl methyl sites for hydroxylation is 2. The first kappa shape index (κ1) is 16.1. The van der Waals surface area contributed by atoms with E-state index in [4.69, 9.17) is 0 Å². The van der Waals surface area contributed by atoms with E-state index in [9.17, 15) is 0 Å². The first-order valence-electron chi connectivity index (χ1n) is 7.11. The van der Waals surface area contributed by atoms with Crippen LogP contribution >= 0.6 is 0 Å². The second-order valence-electron chi connectivity index (χ2n) is 5.74. The molecule has 0 atom stereocenters. The third-order valence-corrected chi connectivity index (χ3v) is 3.08. The smallest absolute Gasteiger partial charge is 0.142 e. The predicted molar refractivity (Wildman–Crippen MR) is 80.4 cm³/mol. The molecule has 19 heavy (non-hydrogen) atoms. The zero-order valence-corrected chi connectivity index (χ0v) is 13.2. The van der Waals surface area contributed by atoms with Crippen molar-refractivity contribution >= 4 is 0 Å². The van der Waals surface area contributed by atoms with E-state index >= 15 is 0 Å². The molecule has 0 saturated carbocycles. The number of nitrogens with one attached hydrogen (secondary N) is 1. The van der Waals surface area contributed by atoms with Gasteiger partial charge in [0.15, 0.2) is 0 Å². The summed E-state index contributed by atoms with van der Waals surface area (Å²) in [5.74, 6) is 0.920. The van der Waals surface area contributed by atoms with Crippen LogP contribution in [0.25, 0.3) is 0 Å². The van der Waals surface area contributed by atoms with Crippen molar-refractivity contribution in [2.75, 3.05) is 20.6 Å². The second kappa shape index (κ2) is 7.56. The Morgan fingerprint density at radius 1 is 1.11 bits per heavy atom. The number of nitrogens with zero attached hydrogens (tertiary/aromatic N) is 3. The van der Waals surface area contributed by atoms with Crippen LogP contribution in [-0.4, -0.2) is 41.5 Å². The summed E-state index contributed by atoms with van der Waals surface area (Å²) < 4.78 is 0. The van der Waals surface area contributed by atoms with Crippen LogP contribution in [0.2, 0.25) is 0 Å². The van der Waals surface area contributed by atoms with Crippen molar-refractivity contribution in [3.8, 4) is 0 Å². The Hall–Kier alpha value is -1.00. The van der Waals surface area contributed by atoms with Crippen molar-refractivity contribution < 1.29 is 0 Å². The normalized spacial score (nSPS) is 11.6. The van der Waals surface area contributed by atoms with Gasteiger partial charge in [0.25, 0.3) is 0 Å². The Morgan fingerprint density at radius 3 is 2.16 bits per heavy atom. The number of hydrogen-bond donors (Lipinski definition) is 1. The van der Waals surface area contributed by atoms with E-state index in [0.717, 1.165) is 43.1 Å². The van der Waals surface area contributed by atoms with Gasteiger partial charge in [-0.25, -0.2) is 9.97 Å². The van der Waals surface area contributed by atoms with Gasteiger partial charge in [-0.1, -0.05) is 13.8 Å². The van der Waals surface area contributed by atoms with E-state index in [1.165, 1.54) is 5.56 Å². The van der Waals surface area contributed by atoms with Crippen LogP contribution in [0.3, 0.4) is 0 Å². The number of rotatable bonds is 7. The summed E-state index contributed by atoms with van der Waals surface area (Å²) in [5, 5.41) is 3.44. The molecule has 0 saturated heterocycles. The Labute approximate surface area is 117 Å². The van der Waals surface area contributed by atoms with E-state index in [1.807, 2.05) is 14.1 Å². The van der Waals surface area contributed by atoms with E-state index in [1.54, 1.807) is 0 Å². The fourth-order valence-electron chi connectivity index (χ4n) is 2.18. The minimum absolute atomic E-state index is 0.556. The van der Waals surface area contributed by atoms with Crippen LogP contribution < -0.4 is 5.32 Å². The molecule has 0 fully saturated rings. The maximum Gasteiger partial charge on any atom is 0.142 e. The Morgan fingerprint density at radius 2 is 1.68 bits per heavy atom. The fraction of sp³-hybridized carbons (Fsp3) is 0.733. The van der Waals surface area contributed by atoms with Gasteiger partial charge in [0.2, 0.25) is 0 Å². The Bertz CT molecular complexity index is 376. The average molecular weight is 264 g/mol. The van der Waals surface area contributed by atoms with E-state index in [2.05, 4.69) is 47.9 Å². The summed E-state index contributed by atoms with van der Waals surface area (Å²) in [4.78, 5) is 11.3. The number of aromatic nitrogens is 2. The molecule has 1 aromatic rings. The highest BCUT2D eigenvalue weighted by atomic mass is 15.1. The van der Waals surface area contributed by atoms with Crippen molar-refractivity contribution in [1.29, 1.82) is 0 Å². The highest BCUT2D eigenvalue weighted by Gasteiger charge is 2.09. The van der Waals surface area contributed by atoms with Gasteiger partial charge in [-0.3, -0.25) is 0 Å². The van der Waals surface area contributed by atoms with E-state index in [-0.39, 0.29) is 0 Å². The summed E-state index contributed by atoms with van der Waals surface area (Å²) in [6, 6.07) is 0.556. The molecular weight excluding hydrogens is 236 g/mol. The third kappa shape index (κ3) is 5.66. The molecule has 1 heterocycles. The topological polar surface area (TPSA) is 41.1 Å². The SMILES string of the molecule is Cc1nc(CN(C)C)nc(C)c1CCCNC(C)C. The average Bonchev–Trinajstić information content (AvgIpc) is 2.25. The van der Waals surface area contributed by atoms with Crippen LogP contribution in [-0.2, 0) is 13.0 Å². The minimum Gasteiger partial charge on any atom is -0.315 e. The lowest BCUT2D eigenvalue weighted by Gasteiger charge is -2.14. The zero-order chi connectivity index (χ0) is 14.4. The van der Waals surface area contributed by atoms with Gasteiger partial charge >= 0.3 is 0 Å². The molecule has 0 aromatic carbocycles. The molecule has 4 nitrogen and oxygen atoms in total. The molecule has 4 heteroatoms. The molecule has 108 valence electrons. The molecule has 1 rings (SSSR count). The van der Waals surface area contributed by atoms with Crippen LogP contribution in [0, 0.1) is 13.8 Å². The lowest BCUT2D eigenvalue weighted by molar-refractivity contribution is 0.389. The Kier molecular flexibility index (Phi) is 6.38. The zero-order valence-electron chi connectivity index (χ0n) is 13.2. The molecule has 0 spiro atoms. The van der Waals surface area contributed by atoms with Crippen molar-refractivity contribution in [3.63, 3.8) is 0 Å². The highest BCUT2D eigenvalue weighted by molar-refractivity contribution is 5.24. The standard InChI is InChI=1S/C15H28N4/c1-11(2)16-9-7-8-14-12(3)17-15(10-19(5)6)18-13(14)4/h11,16H,7-10H2,1-6H3. The largest absolute Gasteiger partial charge is 0.315 e. The minimum atomic E-state index is 0.556. The van der Waals surface area contributed by atoms with E-state index < -0.39 is 0 Å². The monoisotopic (exact) mass is 264 g/mol. The molecule has 0 unspecified atom stereocenters. The molecule has 0 aliphatic heterocycles. The molecule has 1 aromatic heterocycles. The van der Waals surface area contributed by atoms with Crippen LogP contribution in [0.5, 0.6) is 0 Å². The van der Waals surface area contributed by atoms with Crippen LogP contribution in [0.4, 0.5) is 0 Å². The van der Waals surface area contributed by atoms with Gasteiger partial charge in [0.05, 0.1) is 6.54 Å². The van der Waals surface area contributed by atoms with Gasteiger partial charge in [0, 0.05) is 17.4 Å². The molecule has 0 radical (unpaired) electrons. The summed E-state index contributed by atoms with van der Waals surface area (Å²) in [6.07, 6.45) is 2.19. The number of hydrogen-bond acceptors (Lipinski definition) is 4. The van der Waals surface area contributed by atoms with Crippen molar-refractivity contribution in [2.45, 2.75) is 53.1 Å². The molecule has 0 amide bonds. The fourth-order valence-corrected chi connectivity index (χ4v) is 2.18. The molecule has 0 bridgehead atoms. The third-order valence-electron chi connectivity index (χ3n) is 3.08. The molecule has 0 aliphatic rings. The molecule has 1 N–H and O–H groups in total. The first-order valence-corrected chi connectivity index (χ1v) is 7.11. The van der Waals surface area contributed by atoms with Crippen LogP contribution in [0.15, 0.2) is 0 Å². The van der Waals surface area contributed by atoms with Gasteiger partial charge in [-0.2, -0.15) is 0 Å². The van der Waals surface area contributed by atoms with Crippen molar-refractivity contribution in [1.82, 2.24) is 20.2 Å². The summed E-state index contributed by atoms with van der Waals surface area (Å²) in [6.45, 7) is 10.4. The molecular formula is C15H28N4. The summed E-state index contributed by atoms with van der Waals surface area (Å²) in [5.41, 5.74) is 3.58. The lowest BCUT2D eigenvalue weighted by atomic mass is 10.1. The maximum absolute atomic E-state index is 4.61. The molecule has 0 aliphatic carbocycles. The summed E-state index contributed by atoms with van der Waals surface area (Å²) in [7, 11) is 4.08. The van der Waals surface area contributed by atoms with E-state index in [0.29, 0.717) is 6.04 Å². The van der Waals surface area contributed by atoms with Crippen molar-refractivity contribution in [3.05, 3.63) is 22.8 Å². The summed E-state index contributed by atoms with van der Waals surface area (Å²) >= 11 is 0. The van der Waals surface area contributed by atoms with Gasteiger partial charge in [-0.05, 0) is 52.9 Å². The Balaban J connectivity index is 2.63. The van der Waals surface area contributed by atoms with Crippen molar-refractivity contribution in [2.24, 2.45) is 0 Å². The van der Waals surface area contributed by atoms with Gasteiger partial charge in [0.1, 0.15) is 5.82 Å². The van der Waals surface area contributed by atoms with Gasteiger partial charge < -0.3 is 10.2 Å². The maximum atomic E-state index is 4.61. The first-order chi connectivity index (χ1) is 8.90. The van der Waals surface area contributed by atoms with Gasteiger partial charge in [-0.15, -0.1) is 0 Å². The van der Waals surface area contributed by atoms with Crippen LogP contribution in [0.1, 0.15) is 43.0 Å².